The summed E-state index contributed by atoms with van der Waals surface area (Å²) >= 11 is 0. The Hall–Kier alpha value is -3.41. The lowest BCUT2D eigenvalue weighted by atomic mass is 10.2. The lowest BCUT2D eigenvalue weighted by molar-refractivity contribution is 0.102. The van der Waals surface area contributed by atoms with Crippen molar-refractivity contribution in [2.24, 2.45) is 7.05 Å². The van der Waals surface area contributed by atoms with Crippen molar-refractivity contribution in [3.8, 4) is 0 Å². The first-order valence-corrected chi connectivity index (χ1v) is 9.34. The number of anilines is 1. The van der Waals surface area contributed by atoms with Gasteiger partial charge < -0.3 is 9.88 Å². The van der Waals surface area contributed by atoms with Gasteiger partial charge >= 0.3 is 0 Å². The first-order chi connectivity index (χ1) is 13.5. The number of amides is 1. The number of imidazole rings is 1. The van der Waals surface area contributed by atoms with Crippen LogP contribution in [-0.4, -0.2) is 25.2 Å². The van der Waals surface area contributed by atoms with E-state index >= 15 is 0 Å². The molecule has 2 heterocycles. The Morgan fingerprint density at radius 3 is 2.57 bits per heavy atom. The predicted molar refractivity (Wildman–Crippen MR) is 111 cm³/mol. The van der Waals surface area contributed by atoms with E-state index in [9.17, 15) is 4.79 Å². The van der Waals surface area contributed by atoms with Gasteiger partial charge in [0.25, 0.3) is 5.91 Å². The van der Waals surface area contributed by atoms with Crippen LogP contribution in [0.5, 0.6) is 0 Å². The van der Waals surface area contributed by atoms with E-state index in [-0.39, 0.29) is 5.91 Å². The first-order valence-electron chi connectivity index (χ1n) is 9.34. The number of rotatable bonds is 5. The Balaban J connectivity index is 1.53. The summed E-state index contributed by atoms with van der Waals surface area (Å²) < 4.78 is 4.12. The molecule has 4 rings (SSSR count). The van der Waals surface area contributed by atoms with Crippen LogP contribution in [0.15, 0.2) is 54.6 Å². The number of aromatic nitrogens is 4. The summed E-state index contributed by atoms with van der Waals surface area (Å²) in [5.41, 5.74) is 5.47. The Morgan fingerprint density at radius 1 is 1.07 bits per heavy atom. The highest BCUT2D eigenvalue weighted by molar-refractivity contribution is 6.04. The number of fused-ring (bicyclic) bond motifs is 1. The number of carbonyl (C=O) groups is 1. The van der Waals surface area contributed by atoms with E-state index in [0.717, 1.165) is 46.9 Å². The van der Waals surface area contributed by atoms with Crippen LogP contribution >= 0.6 is 0 Å². The molecular formula is C22H23N5O. The average Bonchev–Trinajstić information content (AvgIpc) is 3.18. The normalized spacial score (nSPS) is 11.1. The highest BCUT2D eigenvalue weighted by Gasteiger charge is 2.11. The monoisotopic (exact) mass is 373 g/mol. The molecule has 0 bridgehead atoms. The summed E-state index contributed by atoms with van der Waals surface area (Å²) in [6.45, 7) is 4.86. The molecule has 2 aromatic heterocycles. The summed E-state index contributed by atoms with van der Waals surface area (Å²) in [6.07, 6.45) is 0.791. The second kappa shape index (κ2) is 7.31. The van der Waals surface area contributed by atoms with Crippen LogP contribution in [0.3, 0.4) is 0 Å². The number of benzene rings is 2. The highest BCUT2D eigenvalue weighted by atomic mass is 16.1. The summed E-state index contributed by atoms with van der Waals surface area (Å²) in [4.78, 5) is 17.1. The van der Waals surface area contributed by atoms with Crippen molar-refractivity contribution in [2.45, 2.75) is 26.8 Å². The third kappa shape index (κ3) is 3.53. The van der Waals surface area contributed by atoms with Crippen molar-refractivity contribution < 1.29 is 4.79 Å². The quantitative estimate of drug-likeness (QED) is 0.577. The number of aryl methyl sites for hydroxylation is 5. The van der Waals surface area contributed by atoms with Gasteiger partial charge in [0.15, 0.2) is 0 Å². The SMILES string of the molecule is Cc1cc(C)n(CCc2nc3cc(NC(=O)c4ccccc4)ccc3n2C)n1. The Bertz CT molecular complexity index is 1140. The topological polar surface area (TPSA) is 64.7 Å². The molecule has 6 heteroatoms. The zero-order chi connectivity index (χ0) is 19.7. The number of carbonyl (C=O) groups excluding carboxylic acids is 1. The minimum absolute atomic E-state index is 0.124. The Morgan fingerprint density at radius 2 is 1.86 bits per heavy atom. The largest absolute Gasteiger partial charge is 0.331 e. The van der Waals surface area contributed by atoms with Crippen LogP contribution in [-0.2, 0) is 20.0 Å². The molecular weight excluding hydrogens is 350 g/mol. The first kappa shape index (κ1) is 18.0. The van der Waals surface area contributed by atoms with Gasteiger partial charge in [-0.3, -0.25) is 9.48 Å². The Kier molecular flexibility index (Phi) is 4.69. The van der Waals surface area contributed by atoms with Crippen molar-refractivity contribution >= 4 is 22.6 Å². The van der Waals surface area contributed by atoms with E-state index in [2.05, 4.69) is 28.0 Å². The minimum atomic E-state index is -0.124. The van der Waals surface area contributed by atoms with Crippen molar-refractivity contribution in [1.82, 2.24) is 19.3 Å². The zero-order valence-electron chi connectivity index (χ0n) is 16.3. The minimum Gasteiger partial charge on any atom is -0.331 e. The molecule has 0 fully saturated rings. The van der Waals surface area contributed by atoms with E-state index in [1.807, 2.05) is 55.1 Å². The van der Waals surface area contributed by atoms with Gasteiger partial charge in [0, 0.05) is 37.0 Å². The lowest BCUT2D eigenvalue weighted by Gasteiger charge is -2.06. The van der Waals surface area contributed by atoms with Crippen LogP contribution in [0, 0.1) is 13.8 Å². The van der Waals surface area contributed by atoms with Gasteiger partial charge in [-0.2, -0.15) is 5.10 Å². The lowest BCUT2D eigenvalue weighted by Crippen LogP contribution is -2.11. The van der Waals surface area contributed by atoms with E-state index in [1.165, 1.54) is 0 Å². The fraction of sp³-hybridized carbons (Fsp3) is 0.227. The molecule has 1 amide bonds. The van der Waals surface area contributed by atoms with Gasteiger partial charge in [-0.25, -0.2) is 4.98 Å². The molecule has 28 heavy (non-hydrogen) atoms. The number of hydrogen-bond acceptors (Lipinski definition) is 3. The number of nitrogens with zero attached hydrogens (tertiary/aromatic N) is 4. The molecule has 0 unspecified atom stereocenters. The maximum Gasteiger partial charge on any atom is 0.255 e. The average molecular weight is 373 g/mol. The van der Waals surface area contributed by atoms with Crippen LogP contribution in [0.2, 0.25) is 0 Å². The molecule has 0 saturated heterocycles. The van der Waals surface area contributed by atoms with Crippen LogP contribution < -0.4 is 5.32 Å². The molecule has 0 aliphatic heterocycles. The van der Waals surface area contributed by atoms with Crippen LogP contribution in [0.25, 0.3) is 11.0 Å². The summed E-state index contributed by atoms with van der Waals surface area (Å²) in [7, 11) is 2.02. The van der Waals surface area contributed by atoms with E-state index in [0.29, 0.717) is 5.56 Å². The smallest absolute Gasteiger partial charge is 0.255 e. The number of hydrogen-bond donors (Lipinski definition) is 1. The fourth-order valence-electron chi connectivity index (χ4n) is 3.45. The van der Waals surface area contributed by atoms with Crippen LogP contribution in [0.4, 0.5) is 5.69 Å². The van der Waals surface area contributed by atoms with Crippen molar-refractivity contribution in [3.63, 3.8) is 0 Å². The molecule has 142 valence electrons. The third-order valence-electron chi connectivity index (χ3n) is 4.92. The van der Waals surface area contributed by atoms with E-state index in [1.54, 1.807) is 12.1 Å². The maximum atomic E-state index is 12.4. The Labute approximate surface area is 163 Å². The van der Waals surface area contributed by atoms with Gasteiger partial charge in [0.2, 0.25) is 0 Å². The van der Waals surface area contributed by atoms with Gasteiger partial charge in [-0.15, -0.1) is 0 Å². The standard InChI is InChI=1S/C22H23N5O/c1-15-13-16(2)27(25-15)12-11-21-24-19-14-18(9-10-20(19)26(21)3)23-22(28)17-7-5-4-6-8-17/h4-10,13-14H,11-12H2,1-3H3,(H,23,28). The molecule has 0 saturated carbocycles. The number of nitrogens with one attached hydrogen (secondary N) is 1. The van der Waals surface area contributed by atoms with E-state index < -0.39 is 0 Å². The molecule has 2 aromatic carbocycles. The van der Waals surface area contributed by atoms with Crippen molar-refractivity contribution in [2.75, 3.05) is 5.32 Å². The summed E-state index contributed by atoms with van der Waals surface area (Å²) in [5.74, 6) is 0.870. The molecule has 1 N–H and O–H groups in total. The molecule has 6 nitrogen and oxygen atoms in total. The molecule has 0 radical (unpaired) electrons. The van der Waals surface area contributed by atoms with Gasteiger partial charge in [-0.1, -0.05) is 18.2 Å². The second-order valence-electron chi connectivity index (χ2n) is 7.01. The van der Waals surface area contributed by atoms with Crippen molar-refractivity contribution in [3.05, 3.63) is 77.4 Å². The molecule has 0 atom stereocenters. The summed E-state index contributed by atoms with van der Waals surface area (Å²) in [6, 6.07) is 17.1. The summed E-state index contributed by atoms with van der Waals surface area (Å²) in [5, 5.41) is 7.46. The van der Waals surface area contributed by atoms with Gasteiger partial charge in [0.05, 0.1) is 16.7 Å². The fourth-order valence-corrected chi connectivity index (χ4v) is 3.45. The third-order valence-corrected chi connectivity index (χ3v) is 4.92. The second-order valence-corrected chi connectivity index (χ2v) is 7.01. The van der Waals surface area contributed by atoms with E-state index in [4.69, 9.17) is 4.98 Å². The molecule has 0 spiro atoms. The van der Waals surface area contributed by atoms with Crippen LogP contribution in [0.1, 0.15) is 27.6 Å². The van der Waals surface area contributed by atoms with Gasteiger partial charge in [-0.05, 0) is 50.2 Å². The molecule has 0 aliphatic carbocycles. The molecule has 0 aliphatic rings. The molecule has 4 aromatic rings. The zero-order valence-corrected chi connectivity index (χ0v) is 16.3. The van der Waals surface area contributed by atoms with Crippen molar-refractivity contribution in [1.29, 1.82) is 0 Å². The highest BCUT2D eigenvalue weighted by Crippen LogP contribution is 2.21. The van der Waals surface area contributed by atoms with Gasteiger partial charge in [0.1, 0.15) is 5.82 Å². The maximum absolute atomic E-state index is 12.4. The predicted octanol–water partition coefficient (Wildman–Crippen LogP) is 3.88.